The van der Waals surface area contributed by atoms with Crippen LogP contribution >= 0.6 is 0 Å². The van der Waals surface area contributed by atoms with E-state index in [4.69, 9.17) is 9.47 Å². The molecule has 0 aliphatic carbocycles. The van der Waals surface area contributed by atoms with Gasteiger partial charge in [0.15, 0.2) is 17.6 Å². The third-order valence-corrected chi connectivity index (χ3v) is 2.84. The van der Waals surface area contributed by atoms with Crippen LogP contribution in [0, 0.1) is 0 Å². The summed E-state index contributed by atoms with van der Waals surface area (Å²) in [5, 5.41) is 7.93. The minimum absolute atomic E-state index is 0.122. The Morgan fingerprint density at radius 1 is 1.14 bits per heavy atom. The van der Waals surface area contributed by atoms with E-state index in [1.165, 1.54) is 6.92 Å². The van der Waals surface area contributed by atoms with Gasteiger partial charge in [0.05, 0.1) is 6.54 Å². The number of urea groups is 1. The maximum absolute atomic E-state index is 11.5. The summed E-state index contributed by atoms with van der Waals surface area (Å²) in [4.78, 5) is 22.2. The van der Waals surface area contributed by atoms with Gasteiger partial charge in [-0.2, -0.15) is 0 Å². The number of benzene rings is 1. The Hall–Kier alpha value is -2.44. The Bertz CT molecular complexity index is 507. The van der Waals surface area contributed by atoms with Crippen LogP contribution < -0.4 is 25.4 Å². The van der Waals surface area contributed by atoms with E-state index in [-0.39, 0.29) is 18.0 Å². The summed E-state index contributed by atoms with van der Waals surface area (Å²) < 4.78 is 11.3. The molecular weight excluding hydrogens is 274 g/mol. The van der Waals surface area contributed by atoms with Crippen molar-refractivity contribution in [3.63, 3.8) is 0 Å². The normalized spacial score (nSPS) is 16.0. The Labute approximate surface area is 123 Å². The Morgan fingerprint density at radius 2 is 1.86 bits per heavy atom. The highest BCUT2D eigenvalue weighted by Gasteiger charge is 2.20. The summed E-state index contributed by atoms with van der Waals surface area (Å²) in [5.74, 6) is 1.28. The van der Waals surface area contributed by atoms with Gasteiger partial charge in [-0.15, -0.1) is 0 Å². The van der Waals surface area contributed by atoms with Crippen molar-refractivity contribution in [1.29, 1.82) is 0 Å². The van der Waals surface area contributed by atoms with Crippen molar-refractivity contribution in [2.45, 2.75) is 13.0 Å². The van der Waals surface area contributed by atoms with Gasteiger partial charge in [-0.25, -0.2) is 4.79 Å². The van der Waals surface area contributed by atoms with Crippen molar-refractivity contribution in [3.05, 3.63) is 24.3 Å². The minimum Gasteiger partial charge on any atom is -0.486 e. The van der Waals surface area contributed by atoms with E-state index >= 15 is 0 Å². The second-order valence-electron chi connectivity index (χ2n) is 4.62. The van der Waals surface area contributed by atoms with Crippen molar-refractivity contribution >= 4 is 11.9 Å². The quantitative estimate of drug-likeness (QED) is 0.680. The standard InChI is InChI=1S/C14H19N3O4/c1-10(18)15-6-7-16-14(19)17-8-11-9-20-12-4-2-3-5-13(12)21-11/h2-5,11H,6-9H2,1H3,(H,15,18)(H2,16,17,19)/t11-/m1/s1. The van der Waals surface area contributed by atoms with Gasteiger partial charge in [0, 0.05) is 20.0 Å². The van der Waals surface area contributed by atoms with E-state index in [9.17, 15) is 9.59 Å². The molecule has 1 aromatic carbocycles. The highest BCUT2D eigenvalue weighted by molar-refractivity contribution is 5.74. The zero-order chi connectivity index (χ0) is 15.1. The van der Waals surface area contributed by atoms with E-state index in [1.54, 1.807) is 0 Å². The van der Waals surface area contributed by atoms with Crippen LogP contribution in [0.5, 0.6) is 11.5 Å². The molecule has 0 bridgehead atoms. The van der Waals surface area contributed by atoms with Crippen molar-refractivity contribution in [3.8, 4) is 11.5 Å². The molecule has 1 aliphatic heterocycles. The molecule has 3 amide bonds. The average molecular weight is 293 g/mol. The second-order valence-corrected chi connectivity index (χ2v) is 4.62. The first-order valence-electron chi connectivity index (χ1n) is 6.80. The molecule has 0 aromatic heterocycles. The summed E-state index contributed by atoms with van der Waals surface area (Å²) in [6, 6.07) is 7.11. The van der Waals surface area contributed by atoms with E-state index in [1.807, 2.05) is 24.3 Å². The molecule has 0 saturated carbocycles. The van der Waals surface area contributed by atoms with Crippen LogP contribution in [0.3, 0.4) is 0 Å². The fraction of sp³-hybridized carbons (Fsp3) is 0.429. The summed E-state index contributed by atoms with van der Waals surface area (Å²) >= 11 is 0. The van der Waals surface area contributed by atoms with Gasteiger partial charge < -0.3 is 25.4 Å². The molecule has 7 heteroatoms. The predicted octanol–water partition coefficient (Wildman–Crippen LogP) is 0.262. The largest absolute Gasteiger partial charge is 0.486 e. The van der Waals surface area contributed by atoms with Crippen LogP contribution in [0.25, 0.3) is 0 Å². The molecule has 2 rings (SSSR count). The third kappa shape index (κ3) is 4.87. The maximum atomic E-state index is 11.5. The van der Waals surface area contributed by atoms with Crippen LogP contribution in [0.4, 0.5) is 4.79 Å². The number of rotatable bonds is 5. The molecule has 1 aromatic rings. The number of hydrogen-bond acceptors (Lipinski definition) is 4. The zero-order valence-electron chi connectivity index (χ0n) is 11.8. The highest BCUT2D eigenvalue weighted by atomic mass is 16.6. The number of ether oxygens (including phenoxy) is 2. The lowest BCUT2D eigenvalue weighted by atomic mass is 10.2. The van der Waals surface area contributed by atoms with Crippen molar-refractivity contribution in [2.75, 3.05) is 26.2 Å². The number of amides is 3. The monoisotopic (exact) mass is 293 g/mol. The van der Waals surface area contributed by atoms with Crippen LogP contribution in [0.15, 0.2) is 24.3 Å². The van der Waals surface area contributed by atoms with Crippen LogP contribution in [0.1, 0.15) is 6.92 Å². The predicted molar refractivity (Wildman–Crippen MR) is 76.4 cm³/mol. The molecule has 114 valence electrons. The van der Waals surface area contributed by atoms with Gasteiger partial charge in [-0.1, -0.05) is 12.1 Å². The Balaban J connectivity index is 1.65. The van der Waals surface area contributed by atoms with Crippen LogP contribution in [-0.4, -0.2) is 44.3 Å². The number of para-hydroxylation sites is 2. The second kappa shape index (κ2) is 7.37. The van der Waals surface area contributed by atoms with Gasteiger partial charge in [0.25, 0.3) is 0 Å². The fourth-order valence-corrected chi connectivity index (χ4v) is 1.85. The van der Waals surface area contributed by atoms with Crippen LogP contribution in [0.2, 0.25) is 0 Å². The number of fused-ring (bicyclic) bond motifs is 1. The SMILES string of the molecule is CC(=O)NCCNC(=O)NC[C@@H]1COc2ccccc2O1. The van der Waals surface area contributed by atoms with E-state index < -0.39 is 0 Å². The van der Waals surface area contributed by atoms with E-state index in [0.717, 1.165) is 0 Å². The lowest BCUT2D eigenvalue weighted by molar-refractivity contribution is -0.118. The molecule has 1 aliphatic rings. The molecule has 0 spiro atoms. The fourth-order valence-electron chi connectivity index (χ4n) is 1.85. The van der Waals surface area contributed by atoms with Gasteiger partial charge in [0.1, 0.15) is 6.61 Å². The van der Waals surface area contributed by atoms with Crippen molar-refractivity contribution < 1.29 is 19.1 Å². The smallest absolute Gasteiger partial charge is 0.314 e. The van der Waals surface area contributed by atoms with E-state index in [2.05, 4.69) is 16.0 Å². The number of carbonyl (C=O) groups is 2. The highest BCUT2D eigenvalue weighted by Crippen LogP contribution is 2.30. The molecular formula is C14H19N3O4. The van der Waals surface area contributed by atoms with Crippen LogP contribution in [-0.2, 0) is 4.79 Å². The average Bonchev–Trinajstić information content (AvgIpc) is 2.49. The molecule has 3 N–H and O–H groups in total. The molecule has 1 atom stereocenters. The maximum Gasteiger partial charge on any atom is 0.314 e. The summed E-state index contributed by atoms with van der Waals surface area (Å²) in [7, 11) is 0. The molecule has 21 heavy (non-hydrogen) atoms. The summed E-state index contributed by atoms with van der Waals surface area (Å²) in [6.45, 7) is 2.94. The number of carbonyl (C=O) groups excluding carboxylic acids is 2. The summed E-state index contributed by atoms with van der Waals surface area (Å²) in [5.41, 5.74) is 0. The lowest BCUT2D eigenvalue weighted by Gasteiger charge is -2.26. The molecule has 0 saturated heterocycles. The van der Waals surface area contributed by atoms with Gasteiger partial charge in [-0.05, 0) is 12.1 Å². The Morgan fingerprint density at radius 3 is 2.62 bits per heavy atom. The number of nitrogens with one attached hydrogen (secondary N) is 3. The van der Waals surface area contributed by atoms with Gasteiger partial charge in [-0.3, -0.25) is 4.79 Å². The first-order chi connectivity index (χ1) is 10.1. The number of hydrogen-bond donors (Lipinski definition) is 3. The van der Waals surface area contributed by atoms with E-state index in [0.29, 0.717) is 37.7 Å². The minimum atomic E-state index is -0.303. The third-order valence-electron chi connectivity index (χ3n) is 2.84. The zero-order valence-corrected chi connectivity index (χ0v) is 11.8. The lowest BCUT2D eigenvalue weighted by Crippen LogP contribution is -2.45. The first-order valence-corrected chi connectivity index (χ1v) is 6.80. The van der Waals surface area contributed by atoms with Crippen molar-refractivity contribution in [2.24, 2.45) is 0 Å². The molecule has 0 unspecified atom stereocenters. The Kier molecular flexibility index (Phi) is 5.25. The molecule has 1 heterocycles. The molecule has 0 fully saturated rings. The molecule has 0 radical (unpaired) electrons. The summed E-state index contributed by atoms with van der Waals surface area (Å²) in [6.07, 6.45) is -0.221. The first kappa shape index (κ1) is 15.0. The topological polar surface area (TPSA) is 88.7 Å². The van der Waals surface area contributed by atoms with Gasteiger partial charge >= 0.3 is 6.03 Å². The molecule has 7 nitrogen and oxygen atoms in total. The van der Waals surface area contributed by atoms with Gasteiger partial charge in [0.2, 0.25) is 5.91 Å². The van der Waals surface area contributed by atoms with Crippen molar-refractivity contribution in [1.82, 2.24) is 16.0 Å².